The molecule has 2 aliphatic rings. The van der Waals surface area contributed by atoms with Crippen LogP contribution in [0.1, 0.15) is 25.7 Å². The van der Waals surface area contributed by atoms with E-state index in [0.717, 1.165) is 32.2 Å². The standard InChI is InChI=1S/C16H22ClN5O3/c17-12-7-14(22(24)25)15(19-9-12)21-6-2-3-11(10-21)8-20-16(23)13-4-1-5-18-13/h7,9,11,13,18H,1-6,8,10H2,(H,20,23). The predicted octanol–water partition coefficient (Wildman–Crippen LogP) is 1.73. The molecule has 3 rings (SSSR count). The summed E-state index contributed by atoms with van der Waals surface area (Å²) in [5.41, 5.74) is -0.0765. The summed E-state index contributed by atoms with van der Waals surface area (Å²) in [6.45, 7) is 2.81. The van der Waals surface area contributed by atoms with Gasteiger partial charge in [-0.25, -0.2) is 4.98 Å². The highest BCUT2D eigenvalue weighted by molar-refractivity contribution is 6.30. The number of piperidine rings is 1. The van der Waals surface area contributed by atoms with Crippen molar-refractivity contribution in [2.45, 2.75) is 31.7 Å². The lowest BCUT2D eigenvalue weighted by atomic mass is 9.97. The molecule has 0 aromatic carbocycles. The second-order valence-corrected chi connectivity index (χ2v) is 7.04. The van der Waals surface area contributed by atoms with E-state index < -0.39 is 4.92 Å². The first-order valence-corrected chi connectivity index (χ1v) is 8.98. The molecule has 0 aliphatic carbocycles. The van der Waals surface area contributed by atoms with Crippen LogP contribution in [0.3, 0.4) is 0 Å². The van der Waals surface area contributed by atoms with E-state index in [9.17, 15) is 14.9 Å². The number of aromatic nitrogens is 1. The zero-order valence-electron chi connectivity index (χ0n) is 13.9. The van der Waals surface area contributed by atoms with E-state index in [-0.39, 0.29) is 28.6 Å². The van der Waals surface area contributed by atoms with Crippen molar-refractivity contribution >= 4 is 29.0 Å². The highest BCUT2D eigenvalue weighted by atomic mass is 35.5. The van der Waals surface area contributed by atoms with E-state index in [1.807, 2.05) is 4.90 Å². The molecule has 1 amide bonds. The molecule has 2 N–H and O–H groups in total. The van der Waals surface area contributed by atoms with Crippen molar-refractivity contribution in [2.24, 2.45) is 5.92 Å². The minimum atomic E-state index is -0.453. The molecule has 2 atom stereocenters. The topological polar surface area (TPSA) is 100 Å². The second kappa shape index (κ2) is 7.97. The van der Waals surface area contributed by atoms with Crippen LogP contribution in [0.25, 0.3) is 0 Å². The van der Waals surface area contributed by atoms with Crippen LogP contribution in [0, 0.1) is 16.0 Å². The average Bonchev–Trinajstić information content (AvgIpc) is 3.14. The van der Waals surface area contributed by atoms with Crippen molar-refractivity contribution in [3.63, 3.8) is 0 Å². The summed E-state index contributed by atoms with van der Waals surface area (Å²) >= 11 is 5.84. The van der Waals surface area contributed by atoms with Gasteiger partial charge in [-0.3, -0.25) is 14.9 Å². The van der Waals surface area contributed by atoms with Gasteiger partial charge in [-0.1, -0.05) is 11.6 Å². The minimum absolute atomic E-state index is 0.0465. The lowest BCUT2D eigenvalue weighted by Gasteiger charge is -2.33. The largest absolute Gasteiger partial charge is 0.354 e. The zero-order valence-corrected chi connectivity index (χ0v) is 14.7. The van der Waals surface area contributed by atoms with Gasteiger partial charge in [0.15, 0.2) is 0 Å². The fourth-order valence-corrected chi connectivity index (χ4v) is 3.65. The number of pyridine rings is 1. The Bertz CT molecular complexity index is 651. The van der Waals surface area contributed by atoms with E-state index in [4.69, 9.17) is 11.6 Å². The van der Waals surface area contributed by atoms with Crippen LogP contribution in [0.5, 0.6) is 0 Å². The molecule has 25 heavy (non-hydrogen) atoms. The smallest absolute Gasteiger partial charge is 0.313 e. The Morgan fingerprint density at radius 1 is 1.48 bits per heavy atom. The van der Waals surface area contributed by atoms with Gasteiger partial charge in [-0.2, -0.15) is 0 Å². The second-order valence-electron chi connectivity index (χ2n) is 6.60. The summed E-state index contributed by atoms with van der Waals surface area (Å²) in [5.74, 6) is 0.643. The van der Waals surface area contributed by atoms with Gasteiger partial charge in [0, 0.05) is 31.9 Å². The highest BCUT2D eigenvalue weighted by Gasteiger charge is 2.28. The molecule has 1 aromatic rings. The van der Waals surface area contributed by atoms with Crippen LogP contribution in [0.4, 0.5) is 11.5 Å². The van der Waals surface area contributed by atoms with Crippen molar-refractivity contribution in [1.82, 2.24) is 15.6 Å². The lowest BCUT2D eigenvalue weighted by molar-refractivity contribution is -0.384. The highest BCUT2D eigenvalue weighted by Crippen LogP contribution is 2.31. The Kier molecular flexibility index (Phi) is 5.70. The quantitative estimate of drug-likeness (QED) is 0.607. The van der Waals surface area contributed by atoms with E-state index in [1.54, 1.807) is 0 Å². The third kappa shape index (κ3) is 4.38. The Labute approximate surface area is 151 Å². The van der Waals surface area contributed by atoms with Crippen LogP contribution < -0.4 is 15.5 Å². The summed E-state index contributed by atoms with van der Waals surface area (Å²) < 4.78 is 0. The van der Waals surface area contributed by atoms with Gasteiger partial charge >= 0.3 is 5.69 Å². The summed E-state index contributed by atoms with van der Waals surface area (Å²) in [7, 11) is 0. The fraction of sp³-hybridized carbons (Fsp3) is 0.625. The van der Waals surface area contributed by atoms with Gasteiger partial charge < -0.3 is 15.5 Å². The Hall–Kier alpha value is -1.93. The maximum Gasteiger partial charge on any atom is 0.313 e. The number of nitro groups is 1. The first-order chi connectivity index (χ1) is 12.0. The number of carbonyl (C=O) groups is 1. The Morgan fingerprint density at radius 2 is 2.32 bits per heavy atom. The van der Waals surface area contributed by atoms with Gasteiger partial charge in [0.1, 0.15) is 0 Å². The van der Waals surface area contributed by atoms with Crippen molar-refractivity contribution < 1.29 is 9.72 Å². The van der Waals surface area contributed by atoms with Crippen LogP contribution in [-0.4, -0.2) is 48.0 Å². The summed E-state index contributed by atoms with van der Waals surface area (Å²) in [6.07, 6.45) is 5.23. The zero-order chi connectivity index (χ0) is 17.8. The molecular weight excluding hydrogens is 346 g/mol. The summed E-state index contributed by atoms with van der Waals surface area (Å²) in [5, 5.41) is 17.7. The summed E-state index contributed by atoms with van der Waals surface area (Å²) in [6, 6.07) is 1.25. The predicted molar refractivity (Wildman–Crippen MR) is 94.9 cm³/mol. The maximum absolute atomic E-state index is 12.1. The molecule has 1 aromatic heterocycles. The molecule has 0 spiro atoms. The van der Waals surface area contributed by atoms with E-state index in [2.05, 4.69) is 15.6 Å². The molecule has 2 saturated heterocycles. The number of hydrogen-bond donors (Lipinski definition) is 2. The van der Waals surface area contributed by atoms with Crippen molar-refractivity contribution in [2.75, 3.05) is 31.1 Å². The first-order valence-electron chi connectivity index (χ1n) is 8.60. The van der Waals surface area contributed by atoms with Gasteiger partial charge in [0.05, 0.1) is 16.0 Å². The van der Waals surface area contributed by atoms with Gasteiger partial charge in [-0.05, 0) is 38.1 Å². The van der Waals surface area contributed by atoms with Crippen LogP contribution >= 0.6 is 11.6 Å². The molecule has 3 heterocycles. The normalized spacial score (nSPS) is 23.5. The molecule has 2 aliphatic heterocycles. The number of nitrogens with zero attached hydrogens (tertiary/aromatic N) is 3. The lowest BCUT2D eigenvalue weighted by Crippen LogP contribution is -2.45. The molecule has 2 unspecified atom stereocenters. The third-order valence-corrected chi connectivity index (χ3v) is 4.98. The first kappa shape index (κ1) is 17.9. The molecule has 9 heteroatoms. The van der Waals surface area contributed by atoms with E-state index >= 15 is 0 Å². The van der Waals surface area contributed by atoms with E-state index in [0.29, 0.717) is 25.5 Å². The van der Waals surface area contributed by atoms with Gasteiger partial charge in [0.2, 0.25) is 11.7 Å². The van der Waals surface area contributed by atoms with Gasteiger partial charge in [-0.15, -0.1) is 0 Å². The molecule has 8 nitrogen and oxygen atoms in total. The fourth-order valence-electron chi connectivity index (χ4n) is 3.50. The Balaban J connectivity index is 1.61. The van der Waals surface area contributed by atoms with Crippen LogP contribution in [0.2, 0.25) is 5.02 Å². The van der Waals surface area contributed by atoms with Crippen LogP contribution in [0.15, 0.2) is 12.3 Å². The maximum atomic E-state index is 12.1. The molecule has 0 saturated carbocycles. The number of carbonyl (C=O) groups excluding carboxylic acids is 1. The molecule has 0 bridgehead atoms. The Morgan fingerprint density at radius 3 is 3.04 bits per heavy atom. The number of rotatable bonds is 5. The summed E-state index contributed by atoms with van der Waals surface area (Å²) in [4.78, 5) is 29.0. The van der Waals surface area contributed by atoms with Gasteiger partial charge in [0.25, 0.3) is 0 Å². The number of hydrogen-bond acceptors (Lipinski definition) is 6. The molecule has 0 radical (unpaired) electrons. The number of amides is 1. The number of nitrogens with one attached hydrogen (secondary N) is 2. The van der Waals surface area contributed by atoms with Crippen molar-refractivity contribution in [3.8, 4) is 0 Å². The number of halogens is 1. The average molecular weight is 368 g/mol. The minimum Gasteiger partial charge on any atom is -0.354 e. The monoisotopic (exact) mass is 367 g/mol. The molecule has 2 fully saturated rings. The van der Waals surface area contributed by atoms with Crippen LogP contribution in [-0.2, 0) is 4.79 Å². The SMILES string of the molecule is O=C(NCC1CCCN(c2ncc(Cl)cc2[N+](=O)[O-])C1)C1CCCN1. The van der Waals surface area contributed by atoms with Crippen molar-refractivity contribution in [3.05, 3.63) is 27.4 Å². The number of anilines is 1. The van der Waals surface area contributed by atoms with Crippen molar-refractivity contribution in [1.29, 1.82) is 0 Å². The molecule has 136 valence electrons. The third-order valence-electron chi connectivity index (χ3n) is 4.77. The molecular formula is C16H22ClN5O3. The van der Waals surface area contributed by atoms with E-state index in [1.165, 1.54) is 12.3 Å².